The van der Waals surface area contributed by atoms with E-state index in [2.05, 4.69) is 15.3 Å². The summed E-state index contributed by atoms with van der Waals surface area (Å²) in [7, 11) is 1.33. The molecule has 13 heteroatoms. The molecule has 0 bridgehead atoms. The monoisotopic (exact) mass is 575 g/mol. The molecule has 2 aliphatic heterocycles. The first-order chi connectivity index (χ1) is 19.5. The van der Waals surface area contributed by atoms with Crippen molar-refractivity contribution >= 4 is 17.7 Å². The molecule has 9 nitrogen and oxygen atoms in total. The van der Waals surface area contributed by atoms with Crippen molar-refractivity contribution in [2.24, 2.45) is 5.41 Å². The van der Waals surface area contributed by atoms with Gasteiger partial charge in [-0.15, -0.1) is 0 Å². The number of alkyl halides is 3. The summed E-state index contributed by atoms with van der Waals surface area (Å²) in [5.41, 5.74) is 6.04. The fourth-order valence-corrected chi connectivity index (χ4v) is 5.51. The lowest BCUT2D eigenvalue weighted by Gasteiger charge is -2.39. The summed E-state index contributed by atoms with van der Waals surface area (Å²) < 4.78 is 67.5. The van der Waals surface area contributed by atoms with Crippen LogP contribution in [-0.2, 0) is 4.79 Å². The Morgan fingerprint density at radius 3 is 2.49 bits per heavy atom. The molecule has 2 aromatic carbocycles. The molecule has 1 aromatic heterocycles. The van der Waals surface area contributed by atoms with E-state index in [0.29, 0.717) is 50.3 Å². The van der Waals surface area contributed by atoms with E-state index in [1.165, 1.54) is 49.6 Å². The maximum Gasteiger partial charge on any atom is 0.429 e. The summed E-state index contributed by atoms with van der Waals surface area (Å²) in [5, 5.41) is 12.4. The lowest BCUT2D eigenvalue weighted by Crippen LogP contribution is -2.41. The predicted octanol–water partition coefficient (Wildman–Crippen LogP) is 4.59. The highest BCUT2D eigenvalue weighted by molar-refractivity contribution is 5.74. The van der Waals surface area contributed by atoms with Crippen LogP contribution in [-0.4, -0.2) is 60.0 Å². The Morgan fingerprint density at radius 1 is 1.17 bits per heavy atom. The fraction of sp³-hybridized carbons (Fsp3) is 0.393. The Bertz CT molecular complexity index is 1410. The molecule has 1 spiro atoms. The van der Waals surface area contributed by atoms with E-state index in [1.54, 1.807) is 6.07 Å². The molecule has 2 fully saturated rings. The highest BCUT2D eigenvalue weighted by Crippen LogP contribution is 2.42. The fourth-order valence-electron chi connectivity index (χ4n) is 5.51. The van der Waals surface area contributed by atoms with Crippen molar-refractivity contribution in [1.82, 2.24) is 15.3 Å². The van der Waals surface area contributed by atoms with E-state index < -0.39 is 30.1 Å². The number of anilines is 2. The van der Waals surface area contributed by atoms with Gasteiger partial charge in [-0.3, -0.25) is 4.79 Å². The van der Waals surface area contributed by atoms with E-state index in [1.807, 2.05) is 4.90 Å². The first-order valence-electron chi connectivity index (χ1n) is 13.0. The molecular weight excluding hydrogens is 546 g/mol. The Balaban J connectivity index is 1.33. The number of carboxylic acid groups (broad SMARTS) is 1. The van der Waals surface area contributed by atoms with Gasteiger partial charge in [0.2, 0.25) is 17.9 Å². The summed E-state index contributed by atoms with van der Waals surface area (Å²) in [4.78, 5) is 21.3. The van der Waals surface area contributed by atoms with Crippen molar-refractivity contribution < 1.29 is 36.9 Å². The van der Waals surface area contributed by atoms with Crippen LogP contribution in [0.15, 0.2) is 48.5 Å². The normalized spacial score (nSPS) is 19.2. The largest absolute Gasteiger partial charge is 0.494 e. The van der Waals surface area contributed by atoms with Crippen LogP contribution in [0.1, 0.15) is 30.9 Å². The lowest BCUT2D eigenvalue weighted by atomic mass is 9.76. The third kappa shape index (κ3) is 5.99. The highest BCUT2D eigenvalue weighted by Gasteiger charge is 2.45. The minimum Gasteiger partial charge on any atom is -0.494 e. The Morgan fingerprint density at radius 2 is 1.88 bits per heavy atom. The molecule has 0 amide bonds. The quantitative estimate of drug-likeness (QED) is 0.347. The number of nitrogens with zero attached hydrogens (tertiary/aromatic N) is 3. The number of hydrogen-bond donors (Lipinski definition) is 3. The first-order valence-corrected chi connectivity index (χ1v) is 13.0. The van der Waals surface area contributed by atoms with Crippen LogP contribution in [0.3, 0.4) is 0 Å². The van der Waals surface area contributed by atoms with Crippen molar-refractivity contribution in [1.29, 1.82) is 0 Å². The summed E-state index contributed by atoms with van der Waals surface area (Å²) in [6.07, 6.45) is -5.26. The van der Waals surface area contributed by atoms with Gasteiger partial charge in [0.05, 0.1) is 7.11 Å². The van der Waals surface area contributed by atoms with Gasteiger partial charge in [0, 0.05) is 36.8 Å². The minimum atomic E-state index is -4.80. The number of carboxylic acids is 1. The molecule has 0 saturated carbocycles. The van der Waals surface area contributed by atoms with E-state index in [9.17, 15) is 27.5 Å². The lowest BCUT2D eigenvalue weighted by molar-refractivity contribution is -0.198. The van der Waals surface area contributed by atoms with Gasteiger partial charge in [-0.2, -0.15) is 23.1 Å². The zero-order valence-corrected chi connectivity index (χ0v) is 22.1. The molecule has 0 aliphatic carbocycles. The van der Waals surface area contributed by atoms with Crippen molar-refractivity contribution in [3.63, 3.8) is 0 Å². The molecule has 0 unspecified atom stereocenters. The third-order valence-electron chi connectivity index (χ3n) is 7.76. The number of nitrogens with one attached hydrogen (secondary N) is 1. The standard InChI is InChI=1S/C28H29F4N5O4/c1-40-20-4-2-3-18(23(20)29)16-5-7-17(8-6-16)24(28(30,31)32)41-22-13-21(35-26(33)36-22)37-11-9-27(10-12-37)14-19(25(38)39)34-15-27/h2-8,13,19,24,34H,9-12,14-15H2,1H3,(H,38,39)(H2,33,35,36)/t19-,24+/m0/s1. The van der Waals surface area contributed by atoms with Crippen LogP contribution in [0.4, 0.5) is 29.3 Å². The van der Waals surface area contributed by atoms with Crippen LogP contribution >= 0.6 is 0 Å². The number of nitrogen functional groups attached to an aromatic ring is 1. The molecule has 0 radical (unpaired) electrons. The van der Waals surface area contributed by atoms with Crippen molar-refractivity contribution in [2.45, 2.75) is 37.6 Å². The number of methoxy groups -OCH3 is 1. The Kier molecular flexibility index (Phi) is 7.64. The molecule has 3 heterocycles. The minimum absolute atomic E-state index is 0.0217. The van der Waals surface area contributed by atoms with Gasteiger partial charge < -0.3 is 30.5 Å². The second-order valence-corrected chi connectivity index (χ2v) is 10.4. The second kappa shape index (κ2) is 11.0. The number of aromatic nitrogens is 2. The maximum absolute atomic E-state index is 14.7. The molecule has 2 aliphatic rings. The van der Waals surface area contributed by atoms with Gasteiger partial charge in [0.1, 0.15) is 11.9 Å². The SMILES string of the molecule is COc1cccc(-c2ccc([C@@H](Oc3cc(N4CCC5(CC4)CN[C@H](C(=O)O)C5)nc(N)n3)C(F)(F)F)cc2)c1F. The van der Waals surface area contributed by atoms with Crippen LogP contribution in [0.25, 0.3) is 11.1 Å². The molecule has 3 aromatic rings. The number of nitrogens with two attached hydrogens (primary N) is 1. The average Bonchev–Trinajstić information content (AvgIpc) is 3.35. The van der Waals surface area contributed by atoms with Crippen LogP contribution in [0, 0.1) is 11.2 Å². The van der Waals surface area contributed by atoms with E-state index in [-0.39, 0.29) is 34.1 Å². The second-order valence-electron chi connectivity index (χ2n) is 10.4. The molecule has 218 valence electrons. The molecular formula is C28H29F4N5O4. The summed E-state index contributed by atoms with van der Waals surface area (Å²) in [6, 6.07) is 10.5. The van der Waals surface area contributed by atoms with E-state index in [0.717, 1.165) is 0 Å². The van der Waals surface area contributed by atoms with Gasteiger partial charge in [0.25, 0.3) is 0 Å². The predicted molar refractivity (Wildman–Crippen MR) is 142 cm³/mol. The van der Waals surface area contributed by atoms with Gasteiger partial charge in [-0.25, -0.2) is 4.39 Å². The van der Waals surface area contributed by atoms with Crippen molar-refractivity contribution in [3.8, 4) is 22.8 Å². The number of piperidine rings is 1. The molecule has 2 saturated heterocycles. The number of benzene rings is 2. The zero-order chi connectivity index (χ0) is 29.4. The number of rotatable bonds is 7. The topological polar surface area (TPSA) is 123 Å². The average molecular weight is 576 g/mol. The number of halogens is 4. The van der Waals surface area contributed by atoms with Crippen LogP contribution in [0.5, 0.6) is 11.6 Å². The van der Waals surface area contributed by atoms with Gasteiger partial charge in [-0.1, -0.05) is 36.4 Å². The number of hydrogen-bond acceptors (Lipinski definition) is 8. The Hall–Kier alpha value is -4.13. The van der Waals surface area contributed by atoms with Gasteiger partial charge in [-0.05, 0) is 36.3 Å². The first kappa shape index (κ1) is 28.4. The summed E-state index contributed by atoms with van der Waals surface area (Å²) >= 11 is 0. The number of carbonyl (C=O) groups is 1. The van der Waals surface area contributed by atoms with Crippen molar-refractivity contribution in [2.75, 3.05) is 37.4 Å². The maximum atomic E-state index is 14.7. The summed E-state index contributed by atoms with van der Waals surface area (Å²) in [5.74, 6) is -1.73. The smallest absolute Gasteiger partial charge is 0.429 e. The third-order valence-corrected chi connectivity index (χ3v) is 7.76. The zero-order valence-electron chi connectivity index (χ0n) is 22.1. The van der Waals surface area contributed by atoms with Crippen LogP contribution in [0.2, 0.25) is 0 Å². The number of ether oxygens (including phenoxy) is 2. The van der Waals surface area contributed by atoms with Gasteiger partial charge >= 0.3 is 12.1 Å². The van der Waals surface area contributed by atoms with Crippen molar-refractivity contribution in [3.05, 3.63) is 59.9 Å². The van der Waals surface area contributed by atoms with Gasteiger partial charge in [0.15, 0.2) is 11.6 Å². The highest BCUT2D eigenvalue weighted by atomic mass is 19.4. The summed E-state index contributed by atoms with van der Waals surface area (Å²) in [6.45, 7) is 1.64. The molecule has 5 rings (SSSR count). The molecule has 2 atom stereocenters. The molecule has 4 N–H and O–H groups in total. The Labute approximate surface area is 233 Å². The number of aliphatic carboxylic acids is 1. The van der Waals surface area contributed by atoms with Crippen LogP contribution < -0.4 is 25.4 Å². The van der Waals surface area contributed by atoms with E-state index >= 15 is 0 Å². The van der Waals surface area contributed by atoms with E-state index in [4.69, 9.17) is 15.2 Å². The molecule has 41 heavy (non-hydrogen) atoms.